The van der Waals surface area contributed by atoms with E-state index in [1.165, 1.54) is 5.56 Å². The average molecular weight is 392 g/mol. The monoisotopic (exact) mass is 390 g/mol. The lowest BCUT2D eigenvalue weighted by atomic mass is 9.97. The van der Waals surface area contributed by atoms with E-state index >= 15 is 0 Å². The summed E-state index contributed by atoms with van der Waals surface area (Å²) >= 11 is 7.40. The quantitative estimate of drug-likeness (QED) is 0.650. The van der Waals surface area contributed by atoms with Gasteiger partial charge in [-0.2, -0.15) is 0 Å². The highest BCUT2D eigenvalue weighted by atomic mass is 79.9. The van der Waals surface area contributed by atoms with E-state index in [1.54, 1.807) is 0 Å². The summed E-state index contributed by atoms with van der Waals surface area (Å²) in [6.45, 7) is 5.84. The summed E-state index contributed by atoms with van der Waals surface area (Å²) in [7, 11) is 0. The lowest BCUT2D eigenvalue weighted by Gasteiger charge is -2.17. The third-order valence-corrected chi connectivity index (χ3v) is 5.28. The van der Waals surface area contributed by atoms with Crippen molar-refractivity contribution in [1.82, 2.24) is 0 Å². The van der Waals surface area contributed by atoms with Gasteiger partial charge in [-0.05, 0) is 53.4 Å². The van der Waals surface area contributed by atoms with Crippen molar-refractivity contribution < 1.29 is 9.47 Å². The van der Waals surface area contributed by atoms with Gasteiger partial charge in [-0.3, -0.25) is 0 Å². The molecule has 1 aromatic carbocycles. The minimum atomic E-state index is 0.342. The number of halogens is 2. The molecule has 3 unspecified atom stereocenters. The first-order valence-electron chi connectivity index (χ1n) is 6.79. The van der Waals surface area contributed by atoms with Gasteiger partial charge < -0.3 is 9.47 Å². The van der Waals surface area contributed by atoms with Crippen LogP contribution >= 0.6 is 31.9 Å². The summed E-state index contributed by atoms with van der Waals surface area (Å²) in [5.74, 6) is 1.46. The van der Waals surface area contributed by atoms with Crippen molar-refractivity contribution >= 4 is 31.9 Å². The highest BCUT2D eigenvalue weighted by Crippen LogP contribution is 2.40. The molecular formula is C15H20Br2O2. The summed E-state index contributed by atoms with van der Waals surface area (Å²) < 4.78 is 12.3. The first-order chi connectivity index (χ1) is 9.11. The zero-order valence-electron chi connectivity index (χ0n) is 11.4. The fourth-order valence-electron chi connectivity index (χ4n) is 2.34. The number of ether oxygens (including phenoxy) is 2. The molecule has 3 atom stereocenters. The van der Waals surface area contributed by atoms with Crippen LogP contribution in [0.25, 0.3) is 0 Å². The van der Waals surface area contributed by atoms with Crippen LogP contribution in [0.15, 0.2) is 22.7 Å². The Kier molecular flexibility index (Phi) is 5.72. The predicted octanol–water partition coefficient (Wildman–Crippen LogP) is 5.10. The summed E-state index contributed by atoms with van der Waals surface area (Å²) in [4.78, 5) is 0.342. The maximum absolute atomic E-state index is 5.68. The lowest BCUT2D eigenvalue weighted by molar-refractivity contribution is 0.120. The normalized spacial score (nSPS) is 24.4. The Morgan fingerprint density at radius 3 is 2.84 bits per heavy atom. The number of alkyl halides is 1. The van der Waals surface area contributed by atoms with Crippen molar-refractivity contribution in [3.63, 3.8) is 0 Å². The molecule has 1 aliphatic rings. The van der Waals surface area contributed by atoms with Crippen molar-refractivity contribution in [2.24, 2.45) is 5.92 Å². The van der Waals surface area contributed by atoms with Crippen molar-refractivity contribution in [3.05, 3.63) is 28.2 Å². The van der Waals surface area contributed by atoms with Crippen LogP contribution in [0.5, 0.6) is 5.75 Å². The fraction of sp³-hybridized carbons (Fsp3) is 0.600. The topological polar surface area (TPSA) is 18.5 Å². The summed E-state index contributed by atoms with van der Waals surface area (Å²) in [6.07, 6.45) is 2.51. The molecule has 19 heavy (non-hydrogen) atoms. The van der Waals surface area contributed by atoms with E-state index in [4.69, 9.17) is 9.47 Å². The number of hydrogen-bond acceptors (Lipinski definition) is 2. The molecule has 1 saturated heterocycles. The zero-order valence-corrected chi connectivity index (χ0v) is 14.5. The molecule has 1 aromatic rings. The van der Waals surface area contributed by atoms with Gasteiger partial charge in [-0.15, -0.1) is 0 Å². The van der Waals surface area contributed by atoms with Crippen LogP contribution in [0.2, 0.25) is 0 Å². The Morgan fingerprint density at radius 2 is 2.26 bits per heavy atom. The molecule has 0 amide bonds. The van der Waals surface area contributed by atoms with Crippen molar-refractivity contribution in [2.75, 3.05) is 13.2 Å². The average Bonchev–Trinajstić information content (AvgIpc) is 2.83. The maximum Gasteiger partial charge on any atom is 0.133 e. The van der Waals surface area contributed by atoms with Gasteiger partial charge in [0.2, 0.25) is 0 Å². The molecular weight excluding hydrogens is 372 g/mol. The van der Waals surface area contributed by atoms with E-state index in [9.17, 15) is 0 Å². The third-order valence-electron chi connectivity index (χ3n) is 3.38. The Hall–Kier alpha value is -0.0600. The highest BCUT2D eigenvalue weighted by Gasteiger charge is 2.29. The molecule has 0 saturated carbocycles. The van der Waals surface area contributed by atoms with Gasteiger partial charge in [-0.25, -0.2) is 0 Å². The third kappa shape index (κ3) is 3.96. The molecule has 1 fully saturated rings. The van der Waals surface area contributed by atoms with E-state index in [-0.39, 0.29) is 0 Å². The van der Waals surface area contributed by atoms with Gasteiger partial charge in [0.1, 0.15) is 5.75 Å². The second kappa shape index (κ2) is 7.09. The molecule has 2 rings (SSSR count). The molecule has 0 spiro atoms. The van der Waals surface area contributed by atoms with E-state index in [0.717, 1.165) is 36.3 Å². The van der Waals surface area contributed by atoms with Crippen LogP contribution in [-0.2, 0) is 4.74 Å². The van der Waals surface area contributed by atoms with Gasteiger partial charge in [-0.1, -0.05) is 28.9 Å². The Labute approximate surface area is 132 Å². The first-order valence-corrected chi connectivity index (χ1v) is 8.50. The first kappa shape index (κ1) is 15.3. The highest BCUT2D eigenvalue weighted by molar-refractivity contribution is 9.10. The van der Waals surface area contributed by atoms with Crippen LogP contribution in [-0.4, -0.2) is 19.3 Å². The Bertz CT molecular complexity index is 423. The SMILES string of the molecule is CCCOc1ccc(C(Br)C2COC(C)C2)cc1Br. The number of rotatable bonds is 5. The smallest absolute Gasteiger partial charge is 0.133 e. The zero-order chi connectivity index (χ0) is 13.8. The number of benzene rings is 1. The molecule has 4 heteroatoms. The summed E-state index contributed by atoms with van der Waals surface area (Å²) in [5, 5.41) is 0. The van der Waals surface area contributed by atoms with Crippen LogP contribution in [0, 0.1) is 5.92 Å². The van der Waals surface area contributed by atoms with Crippen LogP contribution in [0.1, 0.15) is 37.1 Å². The predicted molar refractivity (Wildman–Crippen MR) is 85.1 cm³/mol. The number of hydrogen-bond donors (Lipinski definition) is 0. The second-order valence-electron chi connectivity index (χ2n) is 5.08. The molecule has 0 bridgehead atoms. The molecule has 0 N–H and O–H groups in total. The molecule has 1 aliphatic heterocycles. The molecule has 0 aromatic heterocycles. The van der Waals surface area contributed by atoms with Crippen molar-refractivity contribution in [1.29, 1.82) is 0 Å². The summed E-state index contributed by atoms with van der Waals surface area (Å²) in [6, 6.07) is 6.33. The van der Waals surface area contributed by atoms with E-state index in [2.05, 4.69) is 57.8 Å². The van der Waals surface area contributed by atoms with Gasteiger partial charge in [0, 0.05) is 10.7 Å². The molecule has 0 aliphatic carbocycles. The van der Waals surface area contributed by atoms with Gasteiger partial charge in [0.05, 0.1) is 23.8 Å². The standard InChI is InChI=1S/C15H20Br2O2/c1-3-6-18-14-5-4-11(8-13(14)16)15(17)12-7-10(2)19-9-12/h4-5,8,10,12,15H,3,6-7,9H2,1-2H3. The maximum atomic E-state index is 5.68. The van der Waals surface area contributed by atoms with Gasteiger partial charge in [0.25, 0.3) is 0 Å². The van der Waals surface area contributed by atoms with E-state index in [0.29, 0.717) is 16.8 Å². The molecule has 0 radical (unpaired) electrons. The Balaban J connectivity index is 2.06. The van der Waals surface area contributed by atoms with E-state index in [1.807, 2.05) is 6.07 Å². The van der Waals surface area contributed by atoms with E-state index < -0.39 is 0 Å². The van der Waals surface area contributed by atoms with Gasteiger partial charge >= 0.3 is 0 Å². The Morgan fingerprint density at radius 1 is 1.47 bits per heavy atom. The minimum Gasteiger partial charge on any atom is -0.492 e. The van der Waals surface area contributed by atoms with Crippen LogP contribution in [0.4, 0.5) is 0 Å². The van der Waals surface area contributed by atoms with Crippen molar-refractivity contribution in [2.45, 2.75) is 37.6 Å². The summed E-state index contributed by atoms with van der Waals surface area (Å²) in [5.41, 5.74) is 1.28. The molecule has 1 heterocycles. The minimum absolute atomic E-state index is 0.342. The van der Waals surface area contributed by atoms with Crippen LogP contribution < -0.4 is 4.74 Å². The lowest BCUT2D eigenvalue weighted by Crippen LogP contribution is -2.08. The molecule has 106 valence electrons. The van der Waals surface area contributed by atoms with Crippen LogP contribution in [0.3, 0.4) is 0 Å². The molecule has 2 nitrogen and oxygen atoms in total. The largest absolute Gasteiger partial charge is 0.492 e. The fourth-order valence-corrected chi connectivity index (χ4v) is 3.51. The van der Waals surface area contributed by atoms with Gasteiger partial charge in [0.15, 0.2) is 0 Å². The second-order valence-corrected chi connectivity index (χ2v) is 6.92. The van der Waals surface area contributed by atoms with Crippen molar-refractivity contribution in [3.8, 4) is 5.75 Å².